The predicted octanol–water partition coefficient (Wildman–Crippen LogP) is 1.13. The molecular formula is C10H13N5O2S. The third kappa shape index (κ3) is 2.20. The Bertz CT molecular complexity index is 562. The van der Waals surface area contributed by atoms with E-state index in [4.69, 9.17) is 15.7 Å². The summed E-state index contributed by atoms with van der Waals surface area (Å²) < 4.78 is 11.1. The topological polar surface area (TPSA) is 98.6 Å². The SMILES string of the molecule is COC(C)c1nsc(-n2cccc2/C(N)=N/O)n1. The van der Waals surface area contributed by atoms with Crippen molar-refractivity contribution in [3.8, 4) is 5.13 Å². The first-order valence-corrected chi connectivity index (χ1v) is 5.96. The molecule has 18 heavy (non-hydrogen) atoms. The Morgan fingerprint density at radius 1 is 1.67 bits per heavy atom. The van der Waals surface area contributed by atoms with Gasteiger partial charge in [-0.05, 0) is 19.1 Å². The standard InChI is InChI=1S/C10H13N5O2S/c1-6(17-2)9-12-10(18-14-9)15-5-3-4-7(15)8(11)13-16/h3-6,16H,1-2H3,(H2,11,13). The van der Waals surface area contributed by atoms with Gasteiger partial charge in [0.05, 0.1) is 5.69 Å². The zero-order valence-corrected chi connectivity index (χ0v) is 10.8. The van der Waals surface area contributed by atoms with E-state index in [1.807, 2.05) is 6.92 Å². The fraction of sp³-hybridized carbons (Fsp3) is 0.300. The number of aromatic nitrogens is 3. The summed E-state index contributed by atoms with van der Waals surface area (Å²) in [6.07, 6.45) is 1.60. The Kier molecular flexibility index (Phi) is 3.58. The van der Waals surface area contributed by atoms with E-state index >= 15 is 0 Å². The molecule has 0 spiro atoms. The lowest BCUT2D eigenvalue weighted by Crippen LogP contribution is -2.17. The molecule has 2 heterocycles. The molecule has 2 aromatic rings. The molecule has 1 unspecified atom stereocenters. The number of hydrogen-bond donors (Lipinski definition) is 2. The number of rotatable bonds is 4. The van der Waals surface area contributed by atoms with Crippen LogP contribution in [-0.4, -0.2) is 32.1 Å². The van der Waals surface area contributed by atoms with Crippen molar-refractivity contribution in [2.45, 2.75) is 13.0 Å². The summed E-state index contributed by atoms with van der Waals surface area (Å²) in [5.41, 5.74) is 6.14. The van der Waals surface area contributed by atoms with E-state index < -0.39 is 0 Å². The van der Waals surface area contributed by atoms with Gasteiger partial charge in [0.2, 0.25) is 5.13 Å². The van der Waals surface area contributed by atoms with Crippen molar-refractivity contribution in [2.24, 2.45) is 10.9 Å². The Balaban J connectivity index is 2.38. The number of amidine groups is 1. The van der Waals surface area contributed by atoms with Crippen LogP contribution in [0.3, 0.4) is 0 Å². The van der Waals surface area contributed by atoms with Gasteiger partial charge in [-0.1, -0.05) is 5.16 Å². The van der Waals surface area contributed by atoms with Gasteiger partial charge < -0.3 is 15.7 Å². The number of ether oxygens (including phenoxy) is 1. The first-order chi connectivity index (χ1) is 8.67. The van der Waals surface area contributed by atoms with Crippen molar-refractivity contribution in [1.29, 1.82) is 0 Å². The normalized spacial score (nSPS) is 13.8. The summed E-state index contributed by atoms with van der Waals surface area (Å²) >= 11 is 1.22. The molecule has 8 heteroatoms. The summed E-state index contributed by atoms with van der Waals surface area (Å²) in [5.74, 6) is 0.633. The highest BCUT2D eigenvalue weighted by Crippen LogP contribution is 2.19. The maximum atomic E-state index is 8.71. The number of oxime groups is 1. The molecule has 0 amide bonds. The van der Waals surface area contributed by atoms with Gasteiger partial charge in [0.1, 0.15) is 6.10 Å². The molecule has 1 atom stereocenters. The lowest BCUT2D eigenvalue weighted by Gasteiger charge is -2.04. The van der Waals surface area contributed by atoms with E-state index in [1.54, 1.807) is 30.0 Å². The fourth-order valence-corrected chi connectivity index (χ4v) is 2.15. The van der Waals surface area contributed by atoms with Crippen molar-refractivity contribution >= 4 is 17.4 Å². The van der Waals surface area contributed by atoms with Gasteiger partial charge in [0.25, 0.3) is 0 Å². The van der Waals surface area contributed by atoms with Gasteiger partial charge in [0.15, 0.2) is 11.7 Å². The molecule has 2 rings (SSSR count). The second-order valence-corrected chi connectivity index (χ2v) is 4.29. The third-order valence-corrected chi connectivity index (χ3v) is 3.20. The highest BCUT2D eigenvalue weighted by molar-refractivity contribution is 7.08. The Morgan fingerprint density at radius 2 is 2.44 bits per heavy atom. The molecule has 0 saturated carbocycles. The van der Waals surface area contributed by atoms with Crippen LogP contribution in [0.25, 0.3) is 5.13 Å². The number of methoxy groups -OCH3 is 1. The monoisotopic (exact) mass is 267 g/mol. The van der Waals surface area contributed by atoms with E-state index in [-0.39, 0.29) is 11.9 Å². The van der Waals surface area contributed by atoms with Crippen molar-refractivity contribution in [3.05, 3.63) is 29.8 Å². The van der Waals surface area contributed by atoms with Crippen molar-refractivity contribution in [3.63, 3.8) is 0 Å². The van der Waals surface area contributed by atoms with Crippen molar-refractivity contribution in [2.75, 3.05) is 7.11 Å². The summed E-state index contributed by atoms with van der Waals surface area (Å²) in [4.78, 5) is 4.35. The summed E-state index contributed by atoms with van der Waals surface area (Å²) in [7, 11) is 1.60. The minimum absolute atomic E-state index is 0.0246. The minimum atomic E-state index is -0.169. The molecule has 3 N–H and O–H groups in total. The van der Waals surface area contributed by atoms with Gasteiger partial charge >= 0.3 is 0 Å². The molecule has 0 radical (unpaired) electrons. The molecule has 0 aliphatic rings. The Labute approximate surface area is 108 Å². The second kappa shape index (κ2) is 5.15. The Morgan fingerprint density at radius 3 is 3.11 bits per heavy atom. The van der Waals surface area contributed by atoms with Crippen LogP contribution in [0.4, 0.5) is 0 Å². The van der Waals surface area contributed by atoms with Gasteiger partial charge in [-0.2, -0.15) is 9.36 Å². The molecular weight excluding hydrogens is 254 g/mol. The molecule has 7 nitrogen and oxygen atoms in total. The maximum absolute atomic E-state index is 8.71. The molecule has 0 aromatic carbocycles. The first-order valence-electron chi connectivity index (χ1n) is 5.19. The van der Waals surface area contributed by atoms with Gasteiger partial charge in [-0.3, -0.25) is 4.57 Å². The van der Waals surface area contributed by atoms with Crippen molar-refractivity contribution in [1.82, 2.24) is 13.9 Å². The van der Waals surface area contributed by atoms with E-state index in [1.165, 1.54) is 11.5 Å². The number of nitrogens with zero attached hydrogens (tertiary/aromatic N) is 4. The summed E-state index contributed by atoms with van der Waals surface area (Å²) in [6.45, 7) is 1.87. The predicted molar refractivity (Wildman–Crippen MR) is 67.2 cm³/mol. The molecule has 0 aliphatic carbocycles. The lowest BCUT2D eigenvalue weighted by atomic mass is 10.4. The van der Waals surface area contributed by atoms with Gasteiger partial charge in [0, 0.05) is 24.8 Å². The van der Waals surface area contributed by atoms with Crippen LogP contribution in [0.2, 0.25) is 0 Å². The molecule has 2 aromatic heterocycles. The third-order valence-electron chi connectivity index (χ3n) is 2.47. The smallest absolute Gasteiger partial charge is 0.214 e. The molecule has 0 aliphatic heterocycles. The van der Waals surface area contributed by atoms with Gasteiger partial charge in [-0.25, -0.2) is 0 Å². The van der Waals surface area contributed by atoms with Crippen molar-refractivity contribution < 1.29 is 9.94 Å². The zero-order chi connectivity index (χ0) is 13.1. The lowest BCUT2D eigenvalue weighted by molar-refractivity contribution is 0.113. The minimum Gasteiger partial charge on any atom is -0.409 e. The van der Waals surface area contributed by atoms with Crippen LogP contribution in [-0.2, 0) is 4.74 Å². The molecule has 0 bridgehead atoms. The van der Waals surface area contributed by atoms with Crippen LogP contribution in [0.5, 0.6) is 0 Å². The average Bonchev–Trinajstić information content (AvgIpc) is 3.04. The maximum Gasteiger partial charge on any atom is 0.214 e. The fourth-order valence-electron chi connectivity index (χ4n) is 1.40. The highest BCUT2D eigenvalue weighted by atomic mass is 32.1. The largest absolute Gasteiger partial charge is 0.409 e. The zero-order valence-electron chi connectivity index (χ0n) is 9.94. The molecule has 96 valence electrons. The van der Waals surface area contributed by atoms with Gasteiger partial charge in [-0.15, -0.1) is 0 Å². The summed E-state index contributed by atoms with van der Waals surface area (Å²) in [6, 6.07) is 3.52. The van der Waals surface area contributed by atoms with E-state index in [9.17, 15) is 0 Å². The van der Waals surface area contributed by atoms with E-state index in [0.717, 1.165) is 0 Å². The molecule has 0 saturated heterocycles. The van der Waals surface area contributed by atoms with Crippen LogP contribution < -0.4 is 5.73 Å². The second-order valence-electron chi connectivity index (χ2n) is 3.56. The van der Waals surface area contributed by atoms with E-state index in [0.29, 0.717) is 16.6 Å². The van der Waals surface area contributed by atoms with Crippen LogP contribution in [0.1, 0.15) is 24.5 Å². The highest BCUT2D eigenvalue weighted by Gasteiger charge is 2.15. The number of nitrogens with two attached hydrogens (primary N) is 1. The van der Waals surface area contributed by atoms with Crippen LogP contribution in [0, 0.1) is 0 Å². The van der Waals surface area contributed by atoms with E-state index in [2.05, 4.69) is 14.5 Å². The quantitative estimate of drug-likeness (QED) is 0.374. The van der Waals surface area contributed by atoms with Crippen LogP contribution >= 0.6 is 11.5 Å². The summed E-state index contributed by atoms with van der Waals surface area (Å²) in [5, 5.41) is 12.3. The molecule has 0 fully saturated rings. The average molecular weight is 267 g/mol. The number of hydrogen-bond acceptors (Lipinski definition) is 6. The Hall–Kier alpha value is -1.93. The first kappa shape index (κ1) is 12.5. The van der Waals surface area contributed by atoms with Crippen LogP contribution in [0.15, 0.2) is 23.5 Å².